The number of hydrogen-bond acceptors (Lipinski definition) is 6. The van der Waals surface area contributed by atoms with Crippen LogP contribution in [0.3, 0.4) is 0 Å². The lowest BCUT2D eigenvalue weighted by atomic mass is 9.99. The fraction of sp³-hybridized carbons (Fsp3) is 0.370. The molecule has 1 N–H and O–H groups in total. The number of benzene rings is 1. The zero-order valence-electron chi connectivity index (χ0n) is 20.9. The quantitative estimate of drug-likeness (QED) is 0.617. The highest BCUT2D eigenvalue weighted by molar-refractivity contribution is 5.96. The van der Waals surface area contributed by atoms with Crippen molar-refractivity contribution in [2.45, 2.75) is 26.4 Å². The zero-order valence-corrected chi connectivity index (χ0v) is 20.9. The van der Waals surface area contributed by atoms with Crippen molar-refractivity contribution in [2.24, 2.45) is 7.05 Å². The third-order valence-corrected chi connectivity index (χ3v) is 6.99. The van der Waals surface area contributed by atoms with E-state index in [1.165, 1.54) is 5.56 Å². The van der Waals surface area contributed by atoms with Gasteiger partial charge in [0.25, 0.3) is 5.91 Å². The first-order valence-corrected chi connectivity index (χ1v) is 12.2. The summed E-state index contributed by atoms with van der Waals surface area (Å²) in [6, 6.07) is 10.7. The van der Waals surface area contributed by atoms with Crippen LogP contribution in [0.2, 0.25) is 0 Å². The maximum atomic E-state index is 13.2. The van der Waals surface area contributed by atoms with Gasteiger partial charge in [-0.3, -0.25) is 9.69 Å². The molecule has 8 nitrogen and oxygen atoms in total. The second-order valence-corrected chi connectivity index (χ2v) is 9.66. The first-order valence-electron chi connectivity index (χ1n) is 12.2. The van der Waals surface area contributed by atoms with Crippen molar-refractivity contribution < 1.29 is 4.79 Å². The third kappa shape index (κ3) is 4.79. The number of carbonyl (C=O) groups is 1. The number of nitrogens with zero attached hydrogens (tertiary/aromatic N) is 6. The highest BCUT2D eigenvalue weighted by Crippen LogP contribution is 2.28. The van der Waals surface area contributed by atoms with E-state index in [-0.39, 0.29) is 5.91 Å². The standard InChI is InChI=1S/C27H33N7O/c1-19(2)33-9-11-34(12-10-33)25-14-21(7-8-29-25)27(35)30-26-15-23-13-20(24-16-28-18-32(24)4)5-6-22(23)17-31(26)3/h5-8,13-16,18-19H,9-12,17H2,1-4H3,(H,30,35). The van der Waals surface area contributed by atoms with Crippen molar-refractivity contribution in [3.05, 3.63) is 71.6 Å². The molecule has 3 aromatic rings. The number of carbonyl (C=O) groups excluding carboxylic acids is 1. The van der Waals surface area contributed by atoms with Crippen LogP contribution in [0.5, 0.6) is 0 Å². The molecule has 2 aliphatic heterocycles. The molecule has 0 aliphatic carbocycles. The fourth-order valence-corrected chi connectivity index (χ4v) is 4.79. The lowest BCUT2D eigenvalue weighted by Crippen LogP contribution is -2.49. The van der Waals surface area contributed by atoms with Gasteiger partial charge in [-0.15, -0.1) is 0 Å². The van der Waals surface area contributed by atoms with Crippen molar-refractivity contribution in [1.82, 2.24) is 29.7 Å². The Bertz CT molecular complexity index is 1250. The second-order valence-electron chi connectivity index (χ2n) is 9.66. The molecular formula is C27H33N7O. The smallest absolute Gasteiger partial charge is 0.256 e. The molecule has 2 aromatic heterocycles. The molecule has 2 aliphatic rings. The molecule has 1 saturated heterocycles. The Labute approximate surface area is 206 Å². The van der Waals surface area contributed by atoms with Crippen molar-refractivity contribution >= 4 is 17.8 Å². The van der Waals surface area contributed by atoms with E-state index in [4.69, 9.17) is 0 Å². The molecule has 0 spiro atoms. The van der Waals surface area contributed by atoms with Gasteiger partial charge in [-0.05, 0) is 49.2 Å². The number of piperazine rings is 1. The molecule has 0 radical (unpaired) electrons. The van der Waals surface area contributed by atoms with Crippen molar-refractivity contribution in [1.29, 1.82) is 0 Å². The Balaban J connectivity index is 1.33. The van der Waals surface area contributed by atoms with Gasteiger partial charge in [-0.25, -0.2) is 9.97 Å². The third-order valence-electron chi connectivity index (χ3n) is 6.99. The van der Waals surface area contributed by atoms with E-state index < -0.39 is 0 Å². The van der Waals surface area contributed by atoms with E-state index >= 15 is 0 Å². The van der Waals surface area contributed by atoms with Crippen LogP contribution in [0.25, 0.3) is 17.3 Å². The minimum atomic E-state index is -0.126. The molecule has 182 valence electrons. The predicted molar refractivity (Wildman–Crippen MR) is 139 cm³/mol. The Kier molecular flexibility index (Phi) is 6.30. The van der Waals surface area contributed by atoms with Crippen LogP contribution in [0, 0.1) is 0 Å². The van der Waals surface area contributed by atoms with E-state index in [0.717, 1.165) is 61.2 Å². The van der Waals surface area contributed by atoms with Gasteiger partial charge in [0.1, 0.15) is 11.6 Å². The predicted octanol–water partition coefficient (Wildman–Crippen LogP) is 3.19. The summed E-state index contributed by atoms with van der Waals surface area (Å²) in [5.74, 6) is 1.52. The molecule has 0 saturated carbocycles. The summed E-state index contributed by atoms with van der Waals surface area (Å²) in [6.07, 6.45) is 7.45. The van der Waals surface area contributed by atoms with Crippen molar-refractivity contribution in [3.63, 3.8) is 0 Å². The first-order chi connectivity index (χ1) is 16.9. The zero-order chi connectivity index (χ0) is 24.5. The molecule has 0 unspecified atom stereocenters. The Morgan fingerprint density at radius 3 is 2.57 bits per heavy atom. The normalized spacial score (nSPS) is 16.3. The van der Waals surface area contributed by atoms with Gasteiger partial charge in [0.2, 0.25) is 0 Å². The van der Waals surface area contributed by atoms with Crippen LogP contribution in [0.15, 0.2) is 54.9 Å². The van der Waals surface area contributed by atoms with Gasteiger partial charge in [-0.2, -0.15) is 0 Å². The Morgan fingerprint density at radius 1 is 1.06 bits per heavy atom. The van der Waals surface area contributed by atoms with E-state index in [0.29, 0.717) is 11.6 Å². The maximum absolute atomic E-state index is 13.2. The second kappa shape index (κ2) is 9.54. The van der Waals surface area contributed by atoms with E-state index in [9.17, 15) is 4.79 Å². The molecule has 5 rings (SSSR count). The Hall–Kier alpha value is -3.65. The van der Waals surface area contributed by atoms with Gasteiger partial charge in [0.15, 0.2) is 0 Å². The molecule has 35 heavy (non-hydrogen) atoms. The van der Waals surface area contributed by atoms with Crippen LogP contribution >= 0.6 is 0 Å². The number of aryl methyl sites for hydroxylation is 1. The van der Waals surface area contributed by atoms with Gasteiger partial charge in [0, 0.05) is 70.2 Å². The van der Waals surface area contributed by atoms with Gasteiger partial charge < -0.3 is 19.7 Å². The van der Waals surface area contributed by atoms with Gasteiger partial charge >= 0.3 is 0 Å². The molecule has 4 heterocycles. The summed E-state index contributed by atoms with van der Waals surface area (Å²) in [6.45, 7) is 9.04. The number of aromatic nitrogens is 3. The maximum Gasteiger partial charge on any atom is 0.256 e. The van der Waals surface area contributed by atoms with Crippen LogP contribution in [0.4, 0.5) is 5.82 Å². The number of nitrogens with one attached hydrogen (secondary N) is 1. The molecule has 0 bridgehead atoms. The Morgan fingerprint density at radius 2 is 1.86 bits per heavy atom. The van der Waals surface area contributed by atoms with E-state index in [1.54, 1.807) is 18.6 Å². The first kappa shape index (κ1) is 23.1. The molecule has 1 amide bonds. The number of pyridine rings is 1. The van der Waals surface area contributed by atoms with Crippen LogP contribution in [-0.4, -0.2) is 69.5 Å². The summed E-state index contributed by atoms with van der Waals surface area (Å²) >= 11 is 0. The average Bonchev–Trinajstić information content (AvgIpc) is 3.30. The molecule has 1 aromatic carbocycles. The summed E-state index contributed by atoms with van der Waals surface area (Å²) in [5.41, 5.74) is 5.11. The van der Waals surface area contributed by atoms with Crippen LogP contribution in [-0.2, 0) is 13.6 Å². The number of imidazole rings is 1. The van der Waals surface area contributed by atoms with Crippen molar-refractivity contribution in [2.75, 3.05) is 38.1 Å². The molecule has 1 fully saturated rings. The van der Waals surface area contributed by atoms with Crippen LogP contribution in [0.1, 0.15) is 35.3 Å². The number of amides is 1. The number of rotatable bonds is 5. The molecule has 0 atom stereocenters. The largest absolute Gasteiger partial charge is 0.357 e. The monoisotopic (exact) mass is 471 g/mol. The van der Waals surface area contributed by atoms with Crippen LogP contribution < -0.4 is 10.2 Å². The van der Waals surface area contributed by atoms with E-state index in [2.05, 4.69) is 62.0 Å². The highest BCUT2D eigenvalue weighted by Gasteiger charge is 2.22. The number of fused-ring (bicyclic) bond motifs is 1. The van der Waals surface area contributed by atoms with E-state index in [1.807, 2.05) is 37.0 Å². The summed E-state index contributed by atoms with van der Waals surface area (Å²) in [5, 5.41) is 3.12. The highest BCUT2D eigenvalue weighted by atomic mass is 16.1. The topological polar surface area (TPSA) is 69.5 Å². The number of hydrogen-bond donors (Lipinski definition) is 1. The lowest BCUT2D eigenvalue weighted by Gasteiger charge is -2.37. The minimum absolute atomic E-state index is 0.126. The molecule has 8 heteroatoms. The summed E-state index contributed by atoms with van der Waals surface area (Å²) < 4.78 is 2.01. The lowest BCUT2D eigenvalue weighted by molar-refractivity contribution is 0.0953. The van der Waals surface area contributed by atoms with Gasteiger partial charge in [-0.1, -0.05) is 12.1 Å². The summed E-state index contributed by atoms with van der Waals surface area (Å²) in [4.78, 5) is 28.8. The fourth-order valence-electron chi connectivity index (χ4n) is 4.79. The van der Waals surface area contributed by atoms with Crippen molar-refractivity contribution in [3.8, 4) is 11.3 Å². The average molecular weight is 472 g/mol. The summed E-state index contributed by atoms with van der Waals surface area (Å²) in [7, 11) is 3.99. The molecular weight excluding hydrogens is 438 g/mol. The number of anilines is 1. The minimum Gasteiger partial charge on any atom is -0.357 e. The van der Waals surface area contributed by atoms with Gasteiger partial charge in [0.05, 0.1) is 18.2 Å². The SMILES string of the molecule is CC(C)N1CCN(c2cc(C(=O)NC3=Cc4cc(-c5cncn5C)ccc4CN3C)ccn2)CC1.